The lowest BCUT2D eigenvalue weighted by molar-refractivity contribution is -0.127. The Morgan fingerprint density at radius 3 is 2.79 bits per heavy atom. The topological polar surface area (TPSA) is 72.0 Å². The highest BCUT2D eigenvalue weighted by atomic mass is 16.5. The Morgan fingerprint density at radius 2 is 2.04 bits per heavy atom. The van der Waals surface area contributed by atoms with Crippen molar-refractivity contribution in [1.82, 2.24) is 14.8 Å². The van der Waals surface area contributed by atoms with Crippen molar-refractivity contribution >= 4 is 11.7 Å². The third-order valence-electron chi connectivity index (χ3n) is 4.32. The molecule has 0 aliphatic carbocycles. The third-order valence-corrected chi connectivity index (χ3v) is 4.32. The van der Waals surface area contributed by atoms with E-state index in [9.17, 15) is 9.59 Å². The summed E-state index contributed by atoms with van der Waals surface area (Å²) in [6, 6.07) is 3.28. The third kappa shape index (κ3) is 4.37. The van der Waals surface area contributed by atoms with Gasteiger partial charge >= 0.3 is 0 Å². The van der Waals surface area contributed by atoms with Crippen LogP contribution in [0, 0.1) is 0 Å². The molecule has 0 N–H and O–H groups in total. The molecule has 0 aromatic carbocycles. The monoisotopic (exact) mass is 333 g/mol. The first kappa shape index (κ1) is 17.0. The molecule has 7 heteroatoms. The van der Waals surface area contributed by atoms with E-state index < -0.39 is 11.7 Å². The number of amides is 1. The molecule has 7 nitrogen and oxygen atoms in total. The predicted molar refractivity (Wildman–Crippen MR) is 86.8 cm³/mol. The zero-order valence-corrected chi connectivity index (χ0v) is 13.7. The smallest absolute Gasteiger partial charge is 0.295 e. The predicted octanol–water partition coefficient (Wildman–Crippen LogP) is 0.214. The van der Waals surface area contributed by atoms with Crippen LogP contribution in [0.5, 0.6) is 0 Å². The van der Waals surface area contributed by atoms with Crippen LogP contribution in [0.2, 0.25) is 0 Å². The average molecular weight is 333 g/mol. The fourth-order valence-corrected chi connectivity index (χ4v) is 3.03. The Labute approximate surface area is 141 Å². The Balaban J connectivity index is 1.61. The van der Waals surface area contributed by atoms with E-state index in [-0.39, 0.29) is 6.10 Å². The first-order valence-electron chi connectivity index (χ1n) is 8.39. The summed E-state index contributed by atoms with van der Waals surface area (Å²) in [4.78, 5) is 32.7. The number of hydrogen-bond donors (Lipinski definition) is 0. The number of hydrogen-bond acceptors (Lipinski definition) is 6. The van der Waals surface area contributed by atoms with Gasteiger partial charge in [-0.05, 0) is 18.6 Å². The SMILES string of the molecule is O=C(C(=O)N1CCCO[C@H](CN2CCOCC2)C1)c1cccnc1. The average Bonchev–Trinajstić information content (AvgIpc) is 2.87. The normalized spacial score (nSPS) is 22.8. The molecule has 2 aliphatic rings. The molecule has 1 atom stereocenters. The molecule has 130 valence electrons. The Morgan fingerprint density at radius 1 is 1.21 bits per heavy atom. The maximum absolute atomic E-state index is 12.5. The zero-order valence-electron chi connectivity index (χ0n) is 13.7. The van der Waals surface area contributed by atoms with Crippen LogP contribution < -0.4 is 0 Å². The summed E-state index contributed by atoms with van der Waals surface area (Å²) < 4.78 is 11.2. The Kier molecular flexibility index (Phi) is 5.90. The Hall–Kier alpha value is -1.83. The van der Waals surface area contributed by atoms with Gasteiger partial charge in [-0.15, -0.1) is 0 Å². The van der Waals surface area contributed by atoms with Crippen molar-refractivity contribution in [2.75, 3.05) is 52.5 Å². The summed E-state index contributed by atoms with van der Waals surface area (Å²) in [7, 11) is 0. The fourth-order valence-electron chi connectivity index (χ4n) is 3.03. The van der Waals surface area contributed by atoms with E-state index in [1.807, 2.05) is 0 Å². The lowest BCUT2D eigenvalue weighted by atomic mass is 10.1. The van der Waals surface area contributed by atoms with Gasteiger partial charge in [-0.2, -0.15) is 0 Å². The highest BCUT2D eigenvalue weighted by Crippen LogP contribution is 2.11. The number of rotatable bonds is 4. The number of ketones is 1. The molecule has 1 aromatic heterocycles. The summed E-state index contributed by atoms with van der Waals surface area (Å²) in [6.07, 6.45) is 3.68. The van der Waals surface area contributed by atoms with Crippen LogP contribution in [0.25, 0.3) is 0 Å². The number of pyridine rings is 1. The number of carbonyl (C=O) groups is 2. The number of nitrogens with zero attached hydrogens (tertiary/aromatic N) is 3. The number of morpholine rings is 1. The van der Waals surface area contributed by atoms with Crippen LogP contribution in [0.3, 0.4) is 0 Å². The number of Topliss-reactive ketones (excluding diaryl/α,β-unsaturated/α-hetero) is 1. The van der Waals surface area contributed by atoms with Gasteiger partial charge in [-0.1, -0.05) is 0 Å². The molecule has 24 heavy (non-hydrogen) atoms. The zero-order chi connectivity index (χ0) is 16.8. The van der Waals surface area contributed by atoms with Gasteiger partial charge < -0.3 is 14.4 Å². The summed E-state index contributed by atoms with van der Waals surface area (Å²) in [5.74, 6) is -0.976. The molecule has 0 bridgehead atoms. The van der Waals surface area contributed by atoms with Crippen molar-refractivity contribution in [3.63, 3.8) is 0 Å². The van der Waals surface area contributed by atoms with Gasteiger partial charge in [0.2, 0.25) is 0 Å². The molecule has 2 fully saturated rings. The minimum atomic E-state index is -0.505. The van der Waals surface area contributed by atoms with Gasteiger partial charge in [0.15, 0.2) is 0 Å². The molecule has 2 aliphatic heterocycles. The molecule has 3 heterocycles. The number of carbonyl (C=O) groups excluding carboxylic acids is 2. The number of aromatic nitrogens is 1. The largest absolute Gasteiger partial charge is 0.379 e. The highest BCUT2D eigenvalue weighted by Gasteiger charge is 2.29. The Bertz CT molecular complexity index is 560. The van der Waals surface area contributed by atoms with Crippen molar-refractivity contribution in [3.05, 3.63) is 30.1 Å². The molecule has 0 unspecified atom stereocenters. The molecule has 0 spiro atoms. The van der Waals surface area contributed by atoms with E-state index in [4.69, 9.17) is 9.47 Å². The van der Waals surface area contributed by atoms with Crippen molar-refractivity contribution in [2.24, 2.45) is 0 Å². The van der Waals surface area contributed by atoms with Gasteiger partial charge in [-0.25, -0.2) is 0 Å². The van der Waals surface area contributed by atoms with Crippen LogP contribution in [0.15, 0.2) is 24.5 Å². The molecule has 0 radical (unpaired) electrons. The van der Waals surface area contributed by atoms with Gasteiger partial charge in [0.05, 0.1) is 19.3 Å². The summed E-state index contributed by atoms with van der Waals surface area (Å²) in [6.45, 7) is 5.58. The molecular weight excluding hydrogens is 310 g/mol. The highest BCUT2D eigenvalue weighted by molar-refractivity contribution is 6.42. The van der Waals surface area contributed by atoms with Crippen molar-refractivity contribution in [3.8, 4) is 0 Å². The fraction of sp³-hybridized carbons (Fsp3) is 0.588. The second-order valence-electron chi connectivity index (χ2n) is 6.08. The van der Waals surface area contributed by atoms with E-state index in [2.05, 4.69) is 9.88 Å². The molecular formula is C17H23N3O4. The summed E-state index contributed by atoms with van der Waals surface area (Å²) >= 11 is 0. The van der Waals surface area contributed by atoms with Crippen LogP contribution in [0.1, 0.15) is 16.8 Å². The quantitative estimate of drug-likeness (QED) is 0.580. The lowest BCUT2D eigenvalue weighted by Crippen LogP contribution is -2.47. The van der Waals surface area contributed by atoms with E-state index in [1.54, 1.807) is 23.2 Å². The van der Waals surface area contributed by atoms with Crippen molar-refractivity contribution in [2.45, 2.75) is 12.5 Å². The maximum Gasteiger partial charge on any atom is 0.295 e. The second-order valence-corrected chi connectivity index (χ2v) is 6.08. The second kappa shape index (κ2) is 8.32. The minimum absolute atomic E-state index is 0.0729. The first-order valence-corrected chi connectivity index (χ1v) is 8.39. The maximum atomic E-state index is 12.5. The molecule has 3 rings (SSSR count). The summed E-state index contributed by atoms with van der Waals surface area (Å²) in [5.41, 5.74) is 0.331. The van der Waals surface area contributed by atoms with Gasteiger partial charge in [0.25, 0.3) is 11.7 Å². The summed E-state index contributed by atoms with van der Waals surface area (Å²) in [5, 5.41) is 0. The van der Waals surface area contributed by atoms with E-state index >= 15 is 0 Å². The van der Waals surface area contributed by atoms with Gasteiger partial charge in [-0.3, -0.25) is 19.5 Å². The van der Waals surface area contributed by atoms with Crippen LogP contribution in [-0.4, -0.2) is 85.1 Å². The van der Waals surface area contributed by atoms with Crippen LogP contribution >= 0.6 is 0 Å². The van der Waals surface area contributed by atoms with Crippen molar-refractivity contribution < 1.29 is 19.1 Å². The molecule has 0 saturated carbocycles. The number of ether oxygens (including phenoxy) is 2. The molecule has 2 saturated heterocycles. The van der Waals surface area contributed by atoms with E-state index in [1.165, 1.54) is 6.20 Å². The molecule has 1 aromatic rings. The van der Waals surface area contributed by atoms with Crippen molar-refractivity contribution in [1.29, 1.82) is 0 Å². The van der Waals surface area contributed by atoms with Gasteiger partial charge in [0.1, 0.15) is 0 Å². The van der Waals surface area contributed by atoms with Crippen LogP contribution in [-0.2, 0) is 14.3 Å². The van der Waals surface area contributed by atoms with Crippen LogP contribution in [0.4, 0.5) is 0 Å². The standard InChI is InChI=1S/C17H23N3O4/c21-16(14-3-1-4-18-11-14)17(22)20-5-2-8-24-15(13-20)12-19-6-9-23-10-7-19/h1,3-4,11,15H,2,5-10,12-13H2/t15-/m1/s1. The van der Waals surface area contributed by atoms with E-state index in [0.717, 1.165) is 39.3 Å². The minimum Gasteiger partial charge on any atom is -0.379 e. The van der Waals surface area contributed by atoms with Gasteiger partial charge in [0, 0.05) is 57.3 Å². The molecule has 1 amide bonds. The van der Waals surface area contributed by atoms with E-state index in [0.29, 0.717) is 25.3 Å². The first-order chi connectivity index (χ1) is 11.7. The lowest BCUT2D eigenvalue weighted by Gasteiger charge is -2.31.